The fraction of sp³-hybridized carbons (Fsp3) is 0.150. The Morgan fingerprint density at radius 1 is 1.24 bits per heavy atom. The Balaban J connectivity index is 2.10. The highest BCUT2D eigenvalue weighted by Crippen LogP contribution is 2.38. The molecule has 3 rings (SSSR count). The maximum Gasteiger partial charge on any atom is 0.414 e. The lowest BCUT2D eigenvalue weighted by molar-refractivity contribution is 0.165. The van der Waals surface area contributed by atoms with Gasteiger partial charge < -0.3 is 4.74 Å². The van der Waals surface area contributed by atoms with Gasteiger partial charge in [-0.3, -0.25) is 4.90 Å². The molecule has 0 aromatic heterocycles. The number of benzene rings is 2. The SMILES string of the molecule is C=CC/C(=C(\Sc1cccc(F)c1)N1CCOC1=O)c1ccccc1. The van der Waals surface area contributed by atoms with Crippen LogP contribution in [0.5, 0.6) is 0 Å². The number of nitrogens with zero attached hydrogens (tertiary/aromatic N) is 1. The van der Waals surface area contributed by atoms with Crippen LogP contribution in [0.1, 0.15) is 12.0 Å². The Labute approximate surface area is 150 Å². The molecule has 128 valence electrons. The van der Waals surface area contributed by atoms with Crippen LogP contribution >= 0.6 is 11.8 Å². The van der Waals surface area contributed by atoms with Crippen molar-refractivity contribution in [1.29, 1.82) is 0 Å². The first kappa shape index (κ1) is 17.3. The van der Waals surface area contributed by atoms with Crippen molar-refractivity contribution in [2.75, 3.05) is 13.2 Å². The standard InChI is InChI=1S/C20H18FNO2S/c1-2-7-18(15-8-4-3-5-9-15)19(22-12-13-24-20(22)23)25-17-11-6-10-16(21)14-17/h2-6,8-11,14H,1,7,12-13H2/b19-18+. The van der Waals surface area contributed by atoms with Crippen LogP contribution in [0.15, 0.2) is 77.2 Å². The van der Waals surface area contributed by atoms with Crippen LogP contribution in [-0.4, -0.2) is 24.1 Å². The first-order chi connectivity index (χ1) is 12.2. The van der Waals surface area contributed by atoms with E-state index < -0.39 is 0 Å². The molecule has 1 aliphatic rings. The lowest BCUT2D eigenvalue weighted by Gasteiger charge is -2.21. The minimum absolute atomic E-state index is 0.307. The van der Waals surface area contributed by atoms with Crippen LogP contribution in [-0.2, 0) is 4.74 Å². The number of halogens is 1. The number of ether oxygens (including phenoxy) is 1. The summed E-state index contributed by atoms with van der Waals surface area (Å²) in [6, 6.07) is 16.2. The van der Waals surface area contributed by atoms with E-state index in [9.17, 15) is 9.18 Å². The molecule has 1 amide bonds. The van der Waals surface area contributed by atoms with E-state index in [4.69, 9.17) is 4.74 Å². The molecular formula is C20H18FNO2S. The van der Waals surface area contributed by atoms with E-state index in [-0.39, 0.29) is 11.9 Å². The third-order valence-corrected chi connectivity index (χ3v) is 4.90. The molecule has 0 spiro atoms. The molecule has 0 radical (unpaired) electrons. The van der Waals surface area contributed by atoms with Gasteiger partial charge in [0.1, 0.15) is 12.4 Å². The smallest absolute Gasteiger partial charge is 0.414 e. The number of cyclic esters (lactones) is 1. The van der Waals surface area contributed by atoms with E-state index in [0.717, 1.165) is 21.1 Å². The number of thioether (sulfide) groups is 1. The first-order valence-corrected chi connectivity index (χ1v) is 8.78. The number of carbonyl (C=O) groups excluding carboxylic acids is 1. The van der Waals surface area contributed by atoms with Gasteiger partial charge in [0.25, 0.3) is 0 Å². The van der Waals surface area contributed by atoms with E-state index >= 15 is 0 Å². The van der Waals surface area contributed by atoms with Crippen LogP contribution < -0.4 is 0 Å². The zero-order chi connectivity index (χ0) is 17.6. The fourth-order valence-electron chi connectivity index (χ4n) is 2.61. The molecule has 0 bridgehead atoms. The Morgan fingerprint density at radius 2 is 2.04 bits per heavy atom. The number of hydrogen-bond acceptors (Lipinski definition) is 3. The van der Waals surface area contributed by atoms with Gasteiger partial charge in [-0.1, -0.05) is 54.2 Å². The van der Waals surface area contributed by atoms with Gasteiger partial charge >= 0.3 is 6.09 Å². The lowest BCUT2D eigenvalue weighted by atomic mass is 10.0. The van der Waals surface area contributed by atoms with Gasteiger partial charge in [-0.2, -0.15) is 0 Å². The number of hydrogen-bond donors (Lipinski definition) is 0. The molecule has 1 aliphatic heterocycles. The second-order valence-electron chi connectivity index (χ2n) is 5.47. The summed E-state index contributed by atoms with van der Waals surface area (Å²) < 4.78 is 18.7. The Bertz CT molecular complexity index is 804. The molecule has 0 aliphatic carbocycles. The summed E-state index contributed by atoms with van der Waals surface area (Å²) in [5.74, 6) is -0.307. The maximum atomic E-state index is 13.6. The van der Waals surface area contributed by atoms with E-state index in [1.54, 1.807) is 17.0 Å². The fourth-order valence-corrected chi connectivity index (χ4v) is 3.75. The van der Waals surface area contributed by atoms with E-state index in [1.165, 1.54) is 23.9 Å². The molecule has 1 saturated heterocycles. The molecule has 0 saturated carbocycles. The van der Waals surface area contributed by atoms with Crippen LogP contribution in [0.3, 0.4) is 0 Å². The van der Waals surface area contributed by atoms with Gasteiger partial charge in [0.2, 0.25) is 0 Å². The summed E-state index contributed by atoms with van der Waals surface area (Å²) >= 11 is 1.36. The average Bonchev–Trinajstić information content (AvgIpc) is 3.05. The molecule has 2 aromatic rings. The van der Waals surface area contributed by atoms with Crippen molar-refractivity contribution in [2.45, 2.75) is 11.3 Å². The first-order valence-electron chi connectivity index (χ1n) is 7.96. The molecule has 3 nitrogen and oxygen atoms in total. The minimum Gasteiger partial charge on any atom is -0.447 e. The second kappa shape index (κ2) is 8.03. The van der Waals surface area contributed by atoms with Gasteiger partial charge in [-0.25, -0.2) is 9.18 Å². The van der Waals surface area contributed by atoms with E-state index in [1.807, 2.05) is 36.4 Å². The summed E-state index contributed by atoms with van der Waals surface area (Å²) in [7, 11) is 0. The van der Waals surface area contributed by atoms with Crippen molar-refractivity contribution in [2.24, 2.45) is 0 Å². The number of allylic oxidation sites excluding steroid dienone is 2. The largest absolute Gasteiger partial charge is 0.447 e. The van der Waals surface area contributed by atoms with Crippen LogP contribution in [0.4, 0.5) is 9.18 Å². The van der Waals surface area contributed by atoms with Gasteiger partial charge in [0.15, 0.2) is 0 Å². The molecule has 0 atom stereocenters. The summed E-state index contributed by atoms with van der Waals surface area (Å²) in [5.41, 5.74) is 1.96. The number of rotatable bonds is 6. The van der Waals surface area contributed by atoms with Crippen molar-refractivity contribution >= 4 is 23.4 Å². The quantitative estimate of drug-likeness (QED) is 0.519. The van der Waals surface area contributed by atoms with Gasteiger partial charge in [0, 0.05) is 4.90 Å². The van der Waals surface area contributed by atoms with Crippen molar-refractivity contribution < 1.29 is 13.9 Å². The average molecular weight is 355 g/mol. The number of amides is 1. The normalized spacial score (nSPS) is 14.9. The van der Waals surface area contributed by atoms with Crippen LogP contribution in [0.25, 0.3) is 5.57 Å². The predicted molar refractivity (Wildman–Crippen MR) is 98.5 cm³/mol. The molecular weight excluding hydrogens is 337 g/mol. The molecule has 2 aromatic carbocycles. The summed E-state index contributed by atoms with van der Waals surface area (Å²) in [6.07, 6.45) is 2.01. The Kier molecular flexibility index (Phi) is 5.56. The molecule has 5 heteroatoms. The van der Waals surface area contributed by atoms with E-state index in [2.05, 4.69) is 6.58 Å². The van der Waals surface area contributed by atoms with E-state index in [0.29, 0.717) is 19.6 Å². The Hall–Kier alpha value is -2.53. The molecule has 0 N–H and O–H groups in total. The monoisotopic (exact) mass is 355 g/mol. The molecule has 25 heavy (non-hydrogen) atoms. The highest BCUT2D eigenvalue weighted by atomic mass is 32.2. The molecule has 1 fully saturated rings. The Morgan fingerprint density at radius 3 is 2.68 bits per heavy atom. The van der Waals surface area contributed by atoms with Gasteiger partial charge in [-0.05, 0) is 35.8 Å². The molecule has 0 unspecified atom stereocenters. The highest BCUT2D eigenvalue weighted by molar-refractivity contribution is 8.03. The summed E-state index contributed by atoms with van der Waals surface area (Å²) in [6.45, 7) is 4.66. The second-order valence-corrected chi connectivity index (χ2v) is 6.53. The zero-order valence-electron chi connectivity index (χ0n) is 13.7. The zero-order valence-corrected chi connectivity index (χ0v) is 14.5. The van der Waals surface area contributed by atoms with Crippen LogP contribution in [0.2, 0.25) is 0 Å². The lowest BCUT2D eigenvalue weighted by Crippen LogP contribution is -2.23. The third-order valence-electron chi connectivity index (χ3n) is 3.75. The van der Waals surface area contributed by atoms with Gasteiger partial charge in [-0.15, -0.1) is 6.58 Å². The number of carbonyl (C=O) groups is 1. The van der Waals surface area contributed by atoms with Crippen molar-refractivity contribution in [1.82, 2.24) is 4.90 Å². The van der Waals surface area contributed by atoms with Crippen molar-refractivity contribution in [3.05, 3.63) is 83.7 Å². The third kappa shape index (κ3) is 4.12. The summed E-state index contributed by atoms with van der Waals surface area (Å²) in [4.78, 5) is 14.5. The van der Waals surface area contributed by atoms with Crippen molar-refractivity contribution in [3.63, 3.8) is 0 Å². The summed E-state index contributed by atoms with van der Waals surface area (Å²) in [5, 5.41) is 0.749. The van der Waals surface area contributed by atoms with Crippen LogP contribution in [0, 0.1) is 5.82 Å². The minimum atomic E-state index is -0.378. The predicted octanol–water partition coefficient (Wildman–Crippen LogP) is 5.31. The highest BCUT2D eigenvalue weighted by Gasteiger charge is 2.28. The topological polar surface area (TPSA) is 29.5 Å². The maximum absolute atomic E-state index is 13.6. The van der Waals surface area contributed by atoms with Crippen molar-refractivity contribution in [3.8, 4) is 0 Å². The molecule has 1 heterocycles. The van der Waals surface area contributed by atoms with Gasteiger partial charge in [0.05, 0.1) is 11.6 Å².